The summed E-state index contributed by atoms with van der Waals surface area (Å²) in [5.41, 5.74) is 1.31. The lowest BCUT2D eigenvalue weighted by Crippen LogP contribution is -2.50. The van der Waals surface area contributed by atoms with Crippen LogP contribution in [-0.2, 0) is 20.7 Å². The van der Waals surface area contributed by atoms with E-state index in [1.165, 1.54) is 17.0 Å². The van der Waals surface area contributed by atoms with Gasteiger partial charge < -0.3 is 35.0 Å². The zero-order valence-electron chi connectivity index (χ0n) is 22.6. The smallest absolute Gasteiger partial charge is 0.480 e. The molecule has 2 heterocycles. The number of nitrogens with one attached hydrogen (secondary N) is 2. The number of carbonyl (C=O) groups is 4. The standard InChI is InChI=1S/C28H31F3N4O7/c29-28(30,31)42-22-9-5-19(6-10-22)25(37)35-11-1-2-20(17-35)24(36)33-23(26(38)39)16-18-3-7-21(8-4-18)32-27(40)34-12-14-41-15-13-34/h3-10,20,23H,1-2,11-17H2,(H,32,40)(H,33,36)(H,38,39). The highest BCUT2D eigenvalue weighted by Crippen LogP contribution is 2.24. The fourth-order valence-corrected chi connectivity index (χ4v) is 4.78. The van der Waals surface area contributed by atoms with Crippen molar-refractivity contribution < 1.29 is 46.9 Å². The number of rotatable bonds is 8. The number of halogens is 3. The average Bonchev–Trinajstić information content (AvgIpc) is 2.97. The summed E-state index contributed by atoms with van der Waals surface area (Å²) in [6, 6.07) is 9.68. The van der Waals surface area contributed by atoms with Crippen molar-refractivity contribution in [3.8, 4) is 5.75 Å². The maximum Gasteiger partial charge on any atom is 0.573 e. The number of piperidine rings is 1. The monoisotopic (exact) mass is 592 g/mol. The van der Waals surface area contributed by atoms with Gasteiger partial charge in [-0.05, 0) is 54.8 Å². The molecule has 14 heteroatoms. The maximum absolute atomic E-state index is 13.0. The van der Waals surface area contributed by atoms with Crippen LogP contribution in [0.5, 0.6) is 5.75 Å². The van der Waals surface area contributed by atoms with Gasteiger partial charge in [0.1, 0.15) is 11.8 Å². The number of carboxylic acids is 1. The predicted molar refractivity (Wildman–Crippen MR) is 143 cm³/mol. The van der Waals surface area contributed by atoms with E-state index < -0.39 is 41.9 Å². The number of urea groups is 1. The topological polar surface area (TPSA) is 138 Å². The number of nitrogens with zero attached hydrogens (tertiary/aromatic N) is 2. The van der Waals surface area contributed by atoms with Crippen molar-refractivity contribution in [3.05, 3.63) is 59.7 Å². The molecule has 0 bridgehead atoms. The Hall–Kier alpha value is -4.33. The molecule has 2 atom stereocenters. The summed E-state index contributed by atoms with van der Waals surface area (Å²) >= 11 is 0. The highest BCUT2D eigenvalue weighted by atomic mass is 19.4. The molecule has 2 aromatic carbocycles. The van der Waals surface area contributed by atoms with Crippen LogP contribution in [-0.4, -0.2) is 90.5 Å². The second-order valence-electron chi connectivity index (χ2n) is 9.99. The molecule has 2 aliphatic rings. The summed E-state index contributed by atoms with van der Waals surface area (Å²) in [5, 5.41) is 15.1. The van der Waals surface area contributed by atoms with Gasteiger partial charge in [-0.1, -0.05) is 12.1 Å². The third-order valence-corrected chi connectivity index (χ3v) is 6.97. The number of likely N-dealkylation sites (tertiary alicyclic amines) is 1. The van der Waals surface area contributed by atoms with Crippen LogP contribution in [0.3, 0.4) is 0 Å². The van der Waals surface area contributed by atoms with Gasteiger partial charge >= 0.3 is 18.4 Å². The van der Waals surface area contributed by atoms with Crippen LogP contribution < -0.4 is 15.4 Å². The number of anilines is 1. The Kier molecular flexibility index (Phi) is 9.88. The van der Waals surface area contributed by atoms with E-state index in [4.69, 9.17) is 4.74 Å². The fourth-order valence-electron chi connectivity index (χ4n) is 4.78. The van der Waals surface area contributed by atoms with Gasteiger partial charge in [0.05, 0.1) is 19.1 Å². The van der Waals surface area contributed by atoms with Gasteiger partial charge in [-0.2, -0.15) is 0 Å². The summed E-state index contributed by atoms with van der Waals surface area (Å²) in [5.74, 6) is -3.31. The molecule has 226 valence electrons. The van der Waals surface area contributed by atoms with Crippen molar-refractivity contribution in [2.75, 3.05) is 44.7 Å². The lowest BCUT2D eigenvalue weighted by atomic mass is 9.95. The predicted octanol–water partition coefficient (Wildman–Crippen LogP) is 3.11. The number of ether oxygens (including phenoxy) is 2. The first-order valence-corrected chi connectivity index (χ1v) is 13.4. The molecule has 3 N–H and O–H groups in total. The van der Waals surface area contributed by atoms with Crippen LogP contribution in [0.4, 0.5) is 23.7 Å². The van der Waals surface area contributed by atoms with Crippen molar-refractivity contribution in [3.63, 3.8) is 0 Å². The maximum atomic E-state index is 13.0. The van der Waals surface area contributed by atoms with Gasteiger partial charge in [-0.15, -0.1) is 13.2 Å². The van der Waals surface area contributed by atoms with Gasteiger partial charge in [0.15, 0.2) is 0 Å². The summed E-state index contributed by atoms with van der Waals surface area (Å²) in [6.07, 6.45) is -3.91. The van der Waals surface area contributed by atoms with Crippen LogP contribution in [0.15, 0.2) is 48.5 Å². The highest BCUT2D eigenvalue weighted by Gasteiger charge is 2.33. The summed E-state index contributed by atoms with van der Waals surface area (Å²) < 4.78 is 46.3. The molecule has 0 aromatic heterocycles. The highest BCUT2D eigenvalue weighted by molar-refractivity contribution is 5.95. The number of alkyl halides is 3. The van der Waals surface area contributed by atoms with E-state index in [0.29, 0.717) is 56.9 Å². The molecular formula is C28H31F3N4O7. The van der Waals surface area contributed by atoms with E-state index in [9.17, 15) is 37.5 Å². The third kappa shape index (κ3) is 8.59. The SMILES string of the molecule is O=C(NC(Cc1ccc(NC(=O)N2CCOCC2)cc1)C(=O)O)C1CCCN(C(=O)c2ccc(OC(F)(F)F)cc2)C1. The van der Waals surface area contributed by atoms with Crippen molar-refractivity contribution in [1.29, 1.82) is 0 Å². The first-order valence-electron chi connectivity index (χ1n) is 13.4. The van der Waals surface area contributed by atoms with Crippen molar-refractivity contribution in [1.82, 2.24) is 15.1 Å². The fraction of sp³-hybridized carbons (Fsp3) is 0.429. The van der Waals surface area contributed by atoms with Crippen LogP contribution in [0, 0.1) is 5.92 Å². The molecule has 42 heavy (non-hydrogen) atoms. The molecule has 2 aromatic rings. The molecule has 4 rings (SSSR count). The van der Waals surface area contributed by atoms with Crippen LogP contribution >= 0.6 is 0 Å². The molecule has 2 aliphatic heterocycles. The second-order valence-corrected chi connectivity index (χ2v) is 9.99. The molecule has 2 saturated heterocycles. The summed E-state index contributed by atoms with van der Waals surface area (Å²) in [6.45, 7) is 2.31. The molecule has 2 fully saturated rings. The van der Waals surface area contributed by atoms with Crippen molar-refractivity contribution >= 4 is 29.5 Å². The molecule has 11 nitrogen and oxygen atoms in total. The van der Waals surface area contributed by atoms with Crippen LogP contribution in [0.25, 0.3) is 0 Å². The Balaban J connectivity index is 1.31. The normalized spacial score (nSPS) is 18.1. The van der Waals surface area contributed by atoms with Gasteiger partial charge in [0.2, 0.25) is 5.91 Å². The van der Waals surface area contributed by atoms with E-state index in [0.717, 1.165) is 12.1 Å². The van der Waals surface area contributed by atoms with E-state index in [1.807, 2.05) is 0 Å². The Morgan fingerprint density at radius 2 is 1.64 bits per heavy atom. The number of amides is 4. The lowest BCUT2D eigenvalue weighted by molar-refractivity contribution is -0.274. The zero-order valence-corrected chi connectivity index (χ0v) is 22.6. The van der Waals surface area contributed by atoms with E-state index in [-0.39, 0.29) is 24.6 Å². The van der Waals surface area contributed by atoms with Crippen molar-refractivity contribution in [2.24, 2.45) is 5.92 Å². The molecule has 0 spiro atoms. The van der Waals surface area contributed by atoms with Crippen LogP contribution in [0.1, 0.15) is 28.8 Å². The molecular weight excluding hydrogens is 561 g/mol. The largest absolute Gasteiger partial charge is 0.573 e. The van der Waals surface area contributed by atoms with Gasteiger partial charge in [-0.25, -0.2) is 9.59 Å². The number of hydrogen-bond donors (Lipinski definition) is 3. The minimum absolute atomic E-state index is 0.000470. The number of benzene rings is 2. The molecule has 0 saturated carbocycles. The Morgan fingerprint density at radius 3 is 2.26 bits per heavy atom. The lowest BCUT2D eigenvalue weighted by Gasteiger charge is -2.32. The van der Waals surface area contributed by atoms with Crippen molar-refractivity contribution in [2.45, 2.75) is 31.7 Å². The van der Waals surface area contributed by atoms with Crippen LogP contribution in [0.2, 0.25) is 0 Å². The Morgan fingerprint density at radius 1 is 0.976 bits per heavy atom. The number of carboxylic acid groups (broad SMARTS) is 1. The molecule has 4 amide bonds. The summed E-state index contributed by atoms with van der Waals surface area (Å²) in [4.78, 5) is 53.3. The Labute approximate surface area is 239 Å². The van der Waals surface area contributed by atoms with Gasteiger partial charge in [0, 0.05) is 43.9 Å². The zero-order chi connectivity index (χ0) is 30.3. The van der Waals surface area contributed by atoms with E-state index in [1.54, 1.807) is 29.2 Å². The number of carbonyl (C=O) groups excluding carboxylic acids is 3. The molecule has 2 unspecified atom stereocenters. The number of hydrogen-bond acceptors (Lipinski definition) is 6. The minimum atomic E-state index is -4.85. The van der Waals surface area contributed by atoms with Gasteiger partial charge in [0.25, 0.3) is 5.91 Å². The molecule has 0 aliphatic carbocycles. The first kappa shape index (κ1) is 30.6. The summed E-state index contributed by atoms with van der Waals surface area (Å²) in [7, 11) is 0. The average molecular weight is 593 g/mol. The number of morpholine rings is 1. The van der Waals surface area contributed by atoms with Gasteiger partial charge in [-0.3, -0.25) is 9.59 Å². The minimum Gasteiger partial charge on any atom is -0.480 e. The van der Waals surface area contributed by atoms with E-state index >= 15 is 0 Å². The van der Waals surface area contributed by atoms with E-state index in [2.05, 4.69) is 15.4 Å². The third-order valence-electron chi connectivity index (χ3n) is 6.97. The second kappa shape index (κ2) is 13.6. The molecule has 0 radical (unpaired) electrons. The first-order chi connectivity index (χ1) is 20.0. The quantitative estimate of drug-likeness (QED) is 0.428. The number of aliphatic carboxylic acids is 1. The Bertz CT molecular complexity index is 1270.